The van der Waals surface area contributed by atoms with Crippen molar-refractivity contribution in [2.24, 2.45) is 0 Å². The molecule has 14 heavy (non-hydrogen) atoms. The van der Waals surface area contributed by atoms with Crippen LogP contribution in [0.15, 0.2) is 15.3 Å². The Hall–Kier alpha value is -0.630. The maximum Gasteiger partial charge on any atom is 0.297 e. The van der Waals surface area contributed by atoms with Gasteiger partial charge in [-0.25, -0.2) is 13.8 Å². The molecule has 0 bridgehead atoms. The largest absolute Gasteiger partial charge is 0.297 e. The number of pyridine rings is 1. The molecule has 1 aromatic heterocycles. The van der Waals surface area contributed by atoms with Crippen LogP contribution in [-0.4, -0.2) is 9.91 Å². The molecule has 0 fully saturated rings. The van der Waals surface area contributed by atoms with Crippen LogP contribution < -0.4 is 0 Å². The number of nitro groups is 1. The summed E-state index contributed by atoms with van der Waals surface area (Å²) < 4.78 is 24.9. The Bertz CT molecular complexity index is 386. The topological polar surface area (TPSA) is 56.0 Å². The molecule has 76 valence electrons. The SMILES string of the molecule is O=[N+]([O-])c1cnc(Br)c(Br)c1C(F)F. The first-order valence-electron chi connectivity index (χ1n) is 3.21. The molecule has 0 aliphatic rings. The summed E-state index contributed by atoms with van der Waals surface area (Å²) in [6, 6.07) is 0. The number of nitrogens with zero attached hydrogens (tertiary/aromatic N) is 2. The van der Waals surface area contributed by atoms with Crippen molar-refractivity contribution in [3.63, 3.8) is 0 Å². The van der Waals surface area contributed by atoms with Crippen LogP contribution in [-0.2, 0) is 0 Å². The molecule has 0 atom stereocenters. The third-order valence-corrected chi connectivity index (χ3v) is 3.34. The van der Waals surface area contributed by atoms with Gasteiger partial charge in [-0.05, 0) is 31.9 Å². The van der Waals surface area contributed by atoms with Crippen molar-refractivity contribution in [2.75, 3.05) is 0 Å². The van der Waals surface area contributed by atoms with E-state index < -0.39 is 22.6 Å². The quantitative estimate of drug-likeness (QED) is 0.474. The smallest absolute Gasteiger partial charge is 0.258 e. The van der Waals surface area contributed by atoms with Gasteiger partial charge in [0.15, 0.2) is 0 Å². The van der Waals surface area contributed by atoms with Gasteiger partial charge in [0.05, 0.1) is 9.40 Å². The summed E-state index contributed by atoms with van der Waals surface area (Å²) >= 11 is 5.69. The highest BCUT2D eigenvalue weighted by Crippen LogP contribution is 2.37. The molecule has 0 N–H and O–H groups in total. The second-order valence-corrected chi connectivity index (χ2v) is 3.76. The van der Waals surface area contributed by atoms with Gasteiger partial charge in [0.1, 0.15) is 16.4 Å². The Morgan fingerprint density at radius 1 is 1.50 bits per heavy atom. The van der Waals surface area contributed by atoms with E-state index in [0.717, 1.165) is 6.20 Å². The van der Waals surface area contributed by atoms with E-state index in [-0.39, 0.29) is 9.08 Å². The molecule has 0 aliphatic heterocycles. The van der Waals surface area contributed by atoms with Crippen LogP contribution >= 0.6 is 31.9 Å². The highest BCUT2D eigenvalue weighted by molar-refractivity contribution is 9.13. The van der Waals surface area contributed by atoms with Gasteiger partial charge < -0.3 is 0 Å². The predicted octanol–water partition coefficient (Wildman–Crippen LogP) is 3.45. The van der Waals surface area contributed by atoms with E-state index in [9.17, 15) is 18.9 Å². The fraction of sp³-hybridized carbons (Fsp3) is 0.167. The van der Waals surface area contributed by atoms with Gasteiger partial charge in [0.25, 0.3) is 12.1 Å². The molecular formula is C6H2Br2F2N2O2. The number of rotatable bonds is 2. The fourth-order valence-corrected chi connectivity index (χ4v) is 1.62. The van der Waals surface area contributed by atoms with E-state index >= 15 is 0 Å². The summed E-state index contributed by atoms with van der Waals surface area (Å²) in [5.41, 5.74) is -1.37. The van der Waals surface area contributed by atoms with Crippen LogP contribution in [0.25, 0.3) is 0 Å². The predicted molar refractivity (Wildman–Crippen MR) is 51.2 cm³/mol. The highest BCUT2D eigenvalue weighted by atomic mass is 79.9. The molecule has 1 aromatic rings. The van der Waals surface area contributed by atoms with E-state index in [1.807, 2.05) is 0 Å². The molecule has 1 heterocycles. The minimum Gasteiger partial charge on any atom is -0.258 e. The molecule has 0 unspecified atom stereocenters. The summed E-state index contributed by atoms with van der Waals surface area (Å²) in [6.07, 6.45) is -2.14. The normalized spacial score (nSPS) is 10.6. The second-order valence-electron chi connectivity index (χ2n) is 2.22. The Labute approximate surface area is 93.7 Å². The van der Waals surface area contributed by atoms with E-state index in [1.165, 1.54) is 0 Å². The molecule has 0 saturated heterocycles. The zero-order chi connectivity index (χ0) is 10.9. The monoisotopic (exact) mass is 330 g/mol. The molecular weight excluding hydrogens is 330 g/mol. The molecule has 1 rings (SSSR count). The summed E-state index contributed by atoms with van der Waals surface area (Å²) in [4.78, 5) is 13.0. The minimum absolute atomic E-state index is 0.0956. The van der Waals surface area contributed by atoms with Crippen molar-refractivity contribution < 1.29 is 13.7 Å². The van der Waals surface area contributed by atoms with Gasteiger partial charge in [0, 0.05) is 0 Å². The lowest BCUT2D eigenvalue weighted by atomic mass is 10.2. The van der Waals surface area contributed by atoms with Gasteiger partial charge in [-0.2, -0.15) is 0 Å². The zero-order valence-electron chi connectivity index (χ0n) is 6.38. The first kappa shape index (κ1) is 11.4. The van der Waals surface area contributed by atoms with Gasteiger partial charge in [-0.15, -0.1) is 0 Å². The lowest BCUT2D eigenvalue weighted by Gasteiger charge is -2.04. The first-order chi connectivity index (χ1) is 6.45. The average molecular weight is 332 g/mol. The fourth-order valence-electron chi connectivity index (χ4n) is 0.821. The van der Waals surface area contributed by atoms with E-state index in [2.05, 4.69) is 36.8 Å². The minimum atomic E-state index is -2.93. The van der Waals surface area contributed by atoms with E-state index in [0.29, 0.717) is 0 Å². The van der Waals surface area contributed by atoms with Crippen LogP contribution in [0.5, 0.6) is 0 Å². The average Bonchev–Trinajstić information content (AvgIpc) is 2.08. The number of halogens is 4. The summed E-state index contributed by atoms with van der Waals surface area (Å²) in [5, 5.41) is 10.4. The lowest BCUT2D eigenvalue weighted by molar-refractivity contribution is -0.386. The third-order valence-electron chi connectivity index (χ3n) is 1.41. The van der Waals surface area contributed by atoms with Gasteiger partial charge in [-0.1, -0.05) is 0 Å². The standard InChI is InChI=1S/C6H2Br2F2N2O2/c7-4-3(6(9)10)2(12(13)14)1-11-5(4)8/h1,6H. The maximum absolute atomic E-state index is 12.4. The summed E-state index contributed by atoms with van der Waals surface area (Å²) in [7, 11) is 0. The van der Waals surface area contributed by atoms with Crippen molar-refractivity contribution in [3.05, 3.63) is 31.0 Å². The first-order valence-corrected chi connectivity index (χ1v) is 4.80. The molecule has 0 amide bonds. The molecule has 0 spiro atoms. The van der Waals surface area contributed by atoms with Gasteiger partial charge >= 0.3 is 0 Å². The van der Waals surface area contributed by atoms with E-state index in [4.69, 9.17) is 0 Å². The number of alkyl halides is 2. The van der Waals surface area contributed by atoms with Crippen molar-refractivity contribution >= 4 is 37.5 Å². The van der Waals surface area contributed by atoms with Crippen LogP contribution in [0, 0.1) is 10.1 Å². The zero-order valence-corrected chi connectivity index (χ0v) is 9.55. The molecule has 0 saturated carbocycles. The molecule has 8 heteroatoms. The van der Waals surface area contributed by atoms with Gasteiger partial charge in [0.2, 0.25) is 0 Å². The molecule has 0 aromatic carbocycles. The summed E-state index contributed by atoms with van der Waals surface area (Å²) in [5.74, 6) is 0. The second kappa shape index (κ2) is 4.26. The molecule has 4 nitrogen and oxygen atoms in total. The van der Waals surface area contributed by atoms with Crippen molar-refractivity contribution in [1.29, 1.82) is 0 Å². The Morgan fingerprint density at radius 2 is 2.07 bits per heavy atom. The number of hydrogen-bond acceptors (Lipinski definition) is 3. The lowest BCUT2D eigenvalue weighted by Crippen LogP contribution is -1.99. The van der Waals surface area contributed by atoms with Crippen LogP contribution in [0.3, 0.4) is 0 Å². The molecule has 0 aliphatic carbocycles. The number of aromatic nitrogens is 1. The Morgan fingerprint density at radius 3 is 2.50 bits per heavy atom. The van der Waals surface area contributed by atoms with Crippen molar-refractivity contribution in [1.82, 2.24) is 4.98 Å². The van der Waals surface area contributed by atoms with Crippen LogP contribution in [0.1, 0.15) is 12.0 Å². The van der Waals surface area contributed by atoms with Crippen molar-refractivity contribution in [3.8, 4) is 0 Å². The Balaban J connectivity index is 3.45. The van der Waals surface area contributed by atoms with Crippen LogP contribution in [0.2, 0.25) is 0 Å². The van der Waals surface area contributed by atoms with Crippen molar-refractivity contribution in [2.45, 2.75) is 6.43 Å². The maximum atomic E-state index is 12.4. The van der Waals surface area contributed by atoms with Gasteiger partial charge in [-0.3, -0.25) is 10.1 Å². The highest BCUT2D eigenvalue weighted by Gasteiger charge is 2.26. The Kier molecular flexibility index (Phi) is 3.48. The van der Waals surface area contributed by atoms with Crippen LogP contribution in [0.4, 0.5) is 14.5 Å². The molecule has 0 radical (unpaired) electrons. The van der Waals surface area contributed by atoms with E-state index in [1.54, 1.807) is 0 Å². The summed E-state index contributed by atoms with van der Waals surface area (Å²) in [6.45, 7) is 0. The third kappa shape index (κ3) is 2.06. The number of hydrogen-bond donors (Lipinski definition) is 0.